The van der Waals surface area contributed by atoms with Gasteiger partial charge in [0, 0.05) is 5.56 Å². The average Bonchev–Trinajstić information content (AvgIpc) is 3.10. The highest BCUT2D eigenvalue weighted by Gasteiger charge is 2.32. The number of rotatable bonds is 5. The van der Waals surface area contributed by atoms with Gasteiger partial charge in [0.15, 0.2) is 0 Å². The second-order valence-electron chi connectivity index (χ2n) is 6.60. The van der Waals surface area contributed by atoms with Crippen molar-refractivity contribution < 1.29 is 19.4 Å². The van der Waals surface area contributed by atoms with Crippen molar-refractivity contribution in [1.29, 1.82) is 0 Å². The molecule has 6 nitrogen and oxygen atoms in total. The van der Waals surface area contributed by atoms with Crippen LogP contribution in [0.2, 0.25) is 0 Å². The molecular weight excluding hydrogens is 380 g/mol. The molecule has 0 saturated heterocycles. The van der Waals surface area contributed by atoms with Crippen molar-refractivity contribution in [1.82, 2.24) is 0 Å². The van der Waals surface area contributed by atoms with Crippen LogP contribution in [0, 0.1) is 0 Å². The smallest absolute Gasteiger partial charge is 0.335 e. The minimum absolute atomic E-state index is 0.184. The normalized spacial score (nSPS) is 14.7. The van der Waals surface area contributed by atoms with E-state index in [2.05, 4.69) is 4.99 Å². The molecule has 0 radical (unpaired) electrons. The first kappa shape index (κ1) is 19.1. The van der Waals surface area contributed by atoms with Crippen molar-refractivity contribution in [3.05, 3.63) is 101 Å². The zero-order valence-corrected chi connectivity index (χ0v) is 16.1. The van der Waals surface area contributed by atoms with Crippen molar-refractivity contribution in [3.63, 3.8) is 0 Å². The van der Waals surface area contributed by atoms with E-state index in [0.29, 0.717) is 22.8 Å². The molecule has 0 fully saturated rings. The zero-order valence-electron chi connectivity index (χ0n) is 16.1. The Hall–Kier alpha value is -4.19. The lowest BCUT2D eigenvalue weighted by Gasteiger charge is -2.18. The zero-order chi connectivity index (χ0) is 21.1. The third kappa shape index (κ3) is 3.71. The average molecular weight is 398 g/mol. The summed E-state index contributed by atoms with van der Waals surface area (Å²) >= 11 is 0. The number of carbonyl (C=O) groups excluding carboxylic acids is 1. The molecule has 0 bridgehead atoms. The first-order chi connectivity index (χ1) is 14.6. The number of anilines is 1. The predicted molar refractivity (Wildman–Crippen MR) is 115 cm³/mol. The van der Waals surface area contributed by atoms with Crippen LogP contribution in [0.15, 0.2) is 89.6 Å². The summed E-state index contributed by atoms with van der Waals surface area (Å²) in [6.07, 6.45) is 1.65. The maximum atomic E-state index is 13.2. The Morgan fingerprint density at radius 3 is 2.23 bits per heavy atom. The third-order valence-corrected chi connectivity index (χ3v) is 4.68. The molecule has 0 spiro atoms. The Morgan fingerprint density at radius 2 is 1.63 bits per heavy atom. The second kappa shape index (κ2) is 8.05. The molecule has 3 aromatic carbocycles. The lowest BCUT2D eigenvalue weighted by atomic mass is 10.1. The van der Waals surface area contributed by atoms with Crippen molar-refractivity contribution in [3.8, 4) is 5.75 Å². The lowest BCUT2D eigenvalue weighted by Crippen LogP contribution is -2.32. The number of carbonyl (C=O) groups is 2. The van der Waals surface area contributed by atoms with Gasteiger partial charge < -0.3 is 9.84 Å². The molecule has 0 aliphatic carbocycles. The van der Waals surface area contributed by atoms with Crippen LogP contribution in [0.4, 0.5) is 5.69 Å². The largest absolute Gasteiger partial charge is 0.497 e. The van der Waals surface area contributed by atoms with Gasteiger partial charge in [-0.25, -0.2) is 9.79 Å². The molecule has 1 amide bonds. The Morgan fingerprint density at radius 1 is 0.967 bits per heavy atom. The van der Waals surface area contributed by atoms with E-state index >= 15 is 0 Å². The van der Waals surface area contributed by atoms with Gasteiger partial charge in [-0.05, 0) is 48.0 Å². The SMILES string of the molecule is COc1ccc(N2C(=O)/C(=C\c3ccc(C(=O)O)cc3)N=C2c2ccccc2)cc1. The molecule has 0 aromatic heterocycles. The number of aliphatic imine (C=N–C) groups is 1. The van der Waals surface area contributed by atoms with Crippen LogP contribution in [0.25, 0.3) is 6.08 Å². The van der Waals surface area contributed by atoms with Crippen LogP contribution in [0.5, 0.6) is 5.75 Å². The van der Waals surface area contributed by atoms with Crippen molar-refractivity contribution in [2.45, 2.75) is 0 Å². The predicted octanol–water partition coefficient (Wildman–Crippen LogP) is 4.23. The number of nitrogens with zero attached hydrogens (tertiary/aromatic N) is 2. The summed E-state index contributed by atoms with van der Waals surface area (Å²) in [5.41, 5.74) is 2.63. The number of ether oxygens (including phenoxy) is 1. The van der Waals surface area contributed by atoms with Crippen LogP contribution < -0.4 is 9.64 Å². The number of hydrogen-bond donors (Lipinski definition) is 1. The van der Waals surface area contributed by atoms with Crippen molar-refractivity contribution >= 4 is 29.5 Å². The van der Waals surface area contributed by atoms with Gasteiger partial charge in [-0.1, -0.05) is 42.5 Å². The molecule has 0 saturated carbocycles. The standard InChI is InChI=1S/C24H18N2O4/c1-30-20-13-11-19(12-14-20)26-22(17-5-3-2-4-6-17)25-21(23(26)27)15-16-7-9-18(10-8-16)24(28)29/h2-15H,1H3,(H,28,29)/b21-15+. The van der Waals surface area contributed by atoms with Gasteiger partial charge in [-0.15, -0.1) is 0 Å². The molecule has 1 aliphatic heterocycles. The number of methoxy groups -OCH3 is 1. The highest BCUT2D eigenvalue weighted by atomic mass is 16.5. The number of amidine groups is 1. The summed E-state index contributed by atoms with van der Waals surface area (Å²) in [5, 5.41) is 9.05. The highest BCUT2D eigenvalue weighted by Crippen LogP contribution is 2.29. The van der Waals surface area contributed by atoms with Gasteiger partial charge in [0.25, 0.3) is 5.91 Å². The van der Waals surface area contributed by atoms with Gasteiger partial charge in [0.1, 0.15) is 17.3 Å². The molecule has 148 valence electrons. The van der Waals surface area contributed by atoms with E-state index in [1.54, 1.807) is 54.5 Å². The van der Waals surface area contributed by atoms with Gasteiger partial charge in [0.05, 0.1) is 18.4 Å². The van der Waals surface area contributed by atoms with Crippen molar-refractivity contribution in [2.24, 2.45) is 4.99 Å². The number of carboxylic acids is 1. The number of aromatic carboxylic acids is 1. The summed E-state index contributed by atoms with van der Waals surface area (Å²) in [5.74, 6) is -0.0420. The van der Waals surface area contributed by atoms with E-state index in [0.717, 1.165) is 5.56 Å². The minimum Gasteiger partial charge on any atom is -0.497 e. The highest BCUT2D eigenvalue weighted by molar-refractivity contribution is 6.33. The third-order valence-electron chi connectivity index (χ3n) is 4.68. The van der Waals surface area contributed by atoms with E-state index < -0.39 is 5.97 Å². The van der Waals surface area contributed by atoms with Gasteiger partial charge in [-0.2, -0.15) is 0 Å². The number of amides is 1. The van der Waals surface area contributed by atoms with Gasteiger partial charge in [0.2, 0.25) is 0 Å². The molecular formula is C24H18N2O4. The summed E-state index contributed by atoms with van der Waals surface area (Å²) in [6, 6.07) is 23.0. The maximum absolute atomic E-state index is 13.2. The Kier molecular flexibility index (Phi) is 5.13. The van der Waals surface area contributed by atoms with Crippen LogP contribution in [0.1, 0.15) is 21.5 Å². The topological polar surface area (TPSA) is 79.2 Å². The van der Waals surface area contributed by atoms with Crippen LogP contribution in [-0.2, 0) is 4.79 Å². The van der Waals surface area contributed by atoms with E-state index in [9.17, 15) is 9.59 Å². The van der Waals surface area contributed by atoms with E-state index in [1.165, 1.54) is 12.1 Å². The summed E-state index contributed by atoms with van der Waals surface area (Å²) in [6.45, 7) is 0. The fraction of sp³-hybridized carbons (Fsp3) is 0.0417. The summed E-state index contributed by atoms with van der Waals surface area (Å²) in [7, 11) is 1.59. The van der Waals surface area contributed by atoms with Gasteiger partial charge >= 0.3 is 5.97 Å². The quantitative estimate of drug-likeness (QED) is 0.653. The fourth-order valence-corrected chi connectivity index (χ4v) is 3.15. The lowest BCUT2D eigenvalue weighted by molar-refractivity contribution is -0.113. The van der Waals surface area contributed by atoms with Crippen molar-refractivity contribution in [2.75, 3.05) is 12.0 Å². The first-order valence-electron chi connectivity index (χ1n) is 9.24. The molecule has 1 aliphatic rings. The number of carboxylic acid groups (broad SMARTS) is 1. The number of hydrogen-bond acceptors (Lipinski definition) is 4. The van der Waals surface area contributed by atoms with Crippen LogP contribution >= 0.6 is 0 Å². The molecule has 30 heavy (non-hydrogen) atoms. The Bertz CT molecular complexity index is 1150. The molecule has 4 rings (SSSR count). The monoisotopic (exact) mass is 398 g/mol. The number of benzene rings is 3. The summed E-state index contributed by atoms with van der Waals surface area (Å²) in [4.78, 5) is 30.4. The molecule has 3 aromatic rings. The maximum Gasteiger partial charge on any atom is 0.335 e. The molecule has 1 N–H and O–H groups in total. The van der Waals surface area contributed by atoms with Crippen LogP contribution in [-0.4, -0.2) is 29.9 Å². The fourth-order valence-electron chi connectivity index (χ4n) is 3.15. The van der Waals surface area contributed by atoms with E-state index in [-0.39, 0.29) is 17.2 Å². The van der Waals surface area contributed by atoms with E-state index in [4.69, 9.17) is 9.84 Å². The minimum atomic E-state index is -0.999. The van der Waals surface area contributed by atoms with Gasteiger partial charge in [-0.3, -0.25) is 9.69 Å². The Labute approximate surface area is 173 Å². The summed E-state index contributed by atoms with van der Waals surface area (Å²) < 4.78 is 5.21. The first-order valence-corrected chi connectivity index (χ1v) is 9.24. The van der Waals surface area contributed by atoms with E-state index in [1.807, 2.05) is 30.3 Å². The molecule has 0 unspecified atom stereocenters. The second-order valence-corrected chi connectivity index (χ2v) is 6.60. The Balaban J connectivity index is 1.76. The molecule has 1 heterocycles. The van der Waals surface area contributed by atoms with Crippen LogP contribution in [0.3, 0.4) is 0 Å². The molecule has 6 heteroatoms. The molecule has 0 atom stereocenters.